The lowest BCUT2D eigenvalue weighted by Gasteiger charge is -2.19. The van der Waals surface area contributed by atoms with Crippen molar-refractivity contribution in [2.24, 2.45) is 0 Å². The minimum absolute atomic E-state index is 0.118. The molecule has 2 aromatic rings. The number of hydrogen-bond donors (Lipinski definition) is 0. The Morgan fingerprint density at radius 3 is 2.59 bits per heavy atom. The van der Waals surface area contributed by atoms with Crippen LogP contribution in [0, 0.1) is 0 Å². The van der Waals surface area contributed by atoms with Crippen molar-refractivity contribution in [1.29, 1.82) is 0 Å². The summed E-state index contributed by atoms with van der Waals surface area (Å²) in [5.41, 5.74) is 1.67. The summed E-state index contributed by atoms with van der Waals surface area (Å²) >= 11 is 3.27. The van der Waals surface area contributed by atoms with E-state index in [-0.39, 0.29) is 4.90 Å². The maximum Gasteiger partial charge on any atom is 0.338 e. The normalized spacial score (nSPS) is 16.0. The smallest absolute Gasteiger partial charge is 0.338 e. The molecule has 0 bridgehead atoms. The second-order valence-electron chi connectivity index (χ2n) is 4.74. The topological polar surface area (TPSA) is 52.6 Å². The van der Waals surface area contributed by atoms with Gasteiger partial charge in [0.2, 0.25) is 0 Å². The van der Waals surface area contributed by atoms with Gasteiger partial charge in [0, 0.05) is 22.0 Å². The highest BCUT2D eigenvalue weighted by atomic mass is 79.9. The summed E-state index contributed by atoms with van der Waals surface area (Å²) in [6.45, 7) is 0.505. The van der Waals surface area contributed by atoms with Crippen LogP contribution in [0.5, 0.6) is 5.75 Å². The van der Waals surface area contributed by atoms with Crippen molar-refractivity contribution < 1.29 is 17.3 Å². The Morgan fingerprint density at radius 1 is 1.09 bits per heavy atom. The Kier molecular flexibility index (Phi) is 4.22. The zero-order valence-corrected chi connectivity index (χ0v) is 13.9. The van der Waals surface area contributed by atoms with E-state index in [9.17, 15) is 8.42 Å². The zero-order valence-electron chi connectivity index (χ0n) is 11.5. The third-order valence-corrected chi connectivity index (χ3v) is 5.01. The molecule has 0 aromatic heterocycles. The fourth-order valence-electron chi connectivity index (χ4n) is 2.16. The standard InChI is InChI=1S/C16H13BrO4S/c17-13-5-7-14(8-6-13)22(18,19)21-11-12-9-10-20-16-4-2-1-3-15(12)16/h1-8,11H,9-10H2/b12-11+. The lowest BCUT2D eigenvalue weighted by atomic mass is 10.0. The molecule has 0 atom stereocenters. The Morgan fingerprint density at radius 2 is 1.82 bits per heavy atom. The molecule has 1 aliphatic heterocycles. The van der Waals surface area contributed by atoms with Gasteiger partial charge in [0.1, 0.15) is 16.9 Å². The van der Waals surface area contributed by atoms with Gasteiger partial charge in [-0.15, -0.1) is 0 Å². The predicted molar refractivity (Wildman–Crippen MR) is 86.9 cm³/mol. The molecule has 114 valence electrons. The van der Waals surface area contributed by atoms with Crippen LogP contribution in [0.4, 0.5) is 0 Å². The molecule has 6 heteroatoms. The highest BCUT2D eigenvalue weighted by Gasteiger charge is 2.18. The lowest BCUT2D eigenvalue weighted by Crippen LogP contribution is -2.09. The summed E-state index contributed by atoms with van der Waals surface area (Å²) in [5.74, 6) is 0.740. The van der Waals surface area contributed by atoms with Crippen molar-refractivity contribution in [3.05, 3.63) is 64.8 Å². The van der Waals surface area contributed by atoms with E-state index in [2.05, 4.69) is 15.9 Å². The molecule has 22 heavy (non-hydrogen) atoms. The third-order valence-electron chi connectivity index (χ3n) is 3.28. The molecule has 0 radical (unpaired) electrons. The fourth-order valence-corrected chi connectivity index (χ4v) is 3.25. The van der Waals surface area contributed by atoms with Gasteiger partial charge in [-0.2, -0.15) is 8.42 Å². The third kappa shape index (κ3) is 3.18. The van der Waals surface area contributed by atoms with Crippen LogP contribution in [-0.4, -0.2) is 15.0 Å². The quantitative estimate of drug-likeness (QED) is 0.596. The van der Waals surface area contributed by atoms with Crippen molar-refractivity contribution in [2.75, 3.05) is 6.61 Å². The van der Waals surface area contributed by atoms with E-state index in [4.69, 9.17) is 8.92 Å². The van der Waals surface area contributed by atoms with Crippen LogP contribution in [-0.2, 0) is 14.3 Å². The Balaban J connectivity index is 1.87. The summed E-state index contributed by atoms with van der Waals surface area (Å²) in [4.78, 5) is 0.118. The molecule has 0 aliphatic carbocycles. The van der Waals surface area contributed by atoms with Crippen molar-refractivity contribution >= 4 is 31.6 Å². The van der Waals surface area contributed by atoms with Crippen molar-refractivity contribution in [3.8, 4) is 5.75 Å². The monoisotopic (exact) mass is 380 g/mol. The van der Waals surface area contributed by atoms with E-state index < -0.39 is 10.1 Å². The van der Waals surface area contributed by atoms with E-state index in [1.54, 1.807) is 12.1 Å². The second kappa shape index (κ2) is 6.14. The number of rotatable bonds is 3. The van der Waals surface area contributed by atoms with E-state index in [1.165, 1.54) is 18.4 Å². The van der Waals surface area contributed by atoms with Crippen LogP contribution in [0.15, 0.2) is 64.2 Å². The van der Waals surface area contributed by atoms with E-state index >= 15 is 0 Å². The predicted octanol–water partition coefficient (Wildman–Crippen LogP) is 3.98. The molecule has 1 aliphatic rings. The van der Waals surface area contributed by atoms with Crippen LogP contribution in [0.2, 0.25) is 0 Å². The van der Waals surface area contributed by atoms with Crippen LogP contribution >= 0.6 is 15.9 Å². The number of fused-ring (bicyclic) bond motifs is 1. The second-order valence-corrected chi connectivity index (χ2v) is 7.23. The van der Waals surface area contributed by atoms with Gasteiger partial charge in [0.05, 0.1) is 6.61 Å². The molecule has 0 saturated carbocycles. The molecule has 0 amide bonds. The Hall–Kier alpha value is -1.79. The van der Waals surface area contributed by atoms with Crippen molar-refractivity contribution in [2.45, 2.75) is 11.3 Å². The summed E-state index contributed by atoms with van der Waals surface area (Å²) in [6, 6.07) is 13.8. The lowest BCUT2D eigenvalue weighted by molar-refractivity contribution is 0.314. The first-order chi connectivity index (χ1) is 10.6. The zero-order chi connectivity index (χ0) is 15.6. The van der Waals surface area contributed by atoms with Crippen molar-refractivity contribution in [3.63, 3.8) is 0 Å². The largest absolute Gasteiger partial charge is 0.493 e. The Labute approximate surface area is 137 Å². The molecule has 3 rings (SSSR count). The van der Waals surface area contributed by atoms with Crippen LogP contribution < -0.4 is 4.74 Å². The van der Waals surface area contributed by atoms with Gasteiger partial charge in [-0.3, -0.25) is 0 Å². The van der Waals surface area contributed by atoms with Crippen LogP contribution in [0.25, 0.3) is 5.57 Å². The van der Waals surface area contributed by atoms with Crippen LogP contribution in [0.1, 0.15) is 12.0 Å². The van der Waals surface area contributed by atoms with E-state index in [1.807, 2.05) is 24.3 Å². The molecule has 4 nitrogen and oxygen atoms in total. The molecule has 0 fully saturated rings. The van der Waals surface area contributed by atoms with Crippen LogP contribution in [0.3, 0.4) is 0 Å². The number of para-hydroxylation sites is 1. The first-order valence-electron chi connectivity index (χ1n) is 6.66. The van der Waals surface area contributed by atoms with Gasteiger partial charge in [-0.05, 0) is 30.3 Å². The molecule has 0 N–H and O–H groups in total. The van der Waals surface area contributed by atoms with E-state index in [0.717, 1.165) is 21.4 Å². The molecule has 0 saturated heterocycles. The summed E-state index contributed by atoms with van der Waals surface area (Å²) in [7, 11) is -3.82. The van der Waals surface area contributed by atoms with Gasteiger partial charge < -0.3 is 8.92 Å². The van der Waals surface area contributed by atoms with Gasteiger partial charge in [0.25, 0.3) is 0 Å². The number of hydrogen-bond acceptors (Lipinski definition) is 4. The fraction of sp³-hybridized carbons (Fsp3) is 0.125. The molecule has 1 heterocycles. The van der Waals surface area contributed by atoms with Gasteiger partial charge in [0.15, 0.2) is 0 Å². The maximum absolute atomic E-state index is 12.2. The summed E-state index contributed by atoms with van der Waals surface area (Å²) < 4.78 is 35.8. The first-order valence-corrected chi connectivity index (χ1v) is 8.86. The highest BCUT2D eigenvalue weighted by Crippen LogP contribution is 2.32. The number of ether oxygens (including phenoxy) is 1. The number of benzene rings is 2. The SMILES string of the molecule is O=S(=O)(O/C=C1\CCOc2ccccc21)c1ccc(Br)cc1. The first kappa shape index (κ1) is 15.1. The summed E-state index contributed by atoms with van der Waals surface area (Å²) in [5, 5.41) is 0. The highest BCUT2D eigenvalue weighted by molar-refractivity contribution is 9.10. The van der Waals surface area contributed by atoms with Crippen molar-refractivity contribution in [1.82, 2.24) is 0 Å². The van der Waals surface area contributed by atoms with Gasteiger partial charge >= 0.3 is 10.1 Å². The Bertz CT molecular complexity index is 810. The summed E-state index contributed by atoms with van der Waals surface area (Å²) in [6.07, 6.45) is 1.91. The van der Waals surface area contributed by atoms with Gasteiger partial charge in [-0.25, -0.2) is 0 Å². The average molecular weight is 381 g/mol. The molecule has 2 aromatic carbocycles. The molecular weight excluding hydrogens is 368 g/mol. The molecule has 0 unspecified atom stereocenters. The van der Waals surface area contributed by atoms with E-state index in [0.29, 0.717) is 13.0 Å². The number of halogens is 1. The average Bonchev–Trinajstić information content (AvgIpc) is 2.53. The molecule has 0 spiro atoms. The minimum Gasteiger partial charge on any atom is -0.493 e. The minimum atomic E-state index is -3.82. The molecular formula is C16H13BrO4S. The van der Waals surface area contributed by atoms with Gasteiger partial charge in [-0.1, -0.05) is 34.1 Å². The maximum atomic E-state index is 12.2.